The molecule has 1 amide bonds. The fraction of sp³-hybridized carbons (Fsp3) is 0.467. The van der Waals surface area contributed by atoms with Gasteiger partial charge in [-0.3, -0.25) is 14.7 Å². The number of likely N-dealkylation sites (tertiary alicyclic amines) is 1. The number of hydrogen-bond donors (Lipinski definition) is 1. The third-order valence-corrected chi connectivity index (χ3v) is 3.11. The van der Waals surface area contributed by atoms with E-state index >= 15 is 0 Å². The van der Waals surface area contributed by atoms with Crippen LogP contribution in [-0.4, -0.2) is 42.0 Å². The lowest BCUT2D eigenvalue weighted by Gasteiger charge is -2.23. The lowest BCUT2D eigenvalue weighted by atomic mass is 10.1. The van der Waals surface area contributed by atoms with Crippen LogP contribution in [0.3, 0.4) is 0 Å². The van der Waals surface area contributed by atoms with Gasteiger partial charge in [0.05, 0.1) is 13.1 Å². The molecule has 0 saturated carbocycles. The highest BCUT2D eigenvalue weighted by molar-refractivity contribution is 5.92. The van der Waals surface area contributed by atoms with E-state index < -0.39 is 0 Å². The van der Waals surface area contributed by atoms with Crippen LogP contribution in [-0.2, 0) is 0 Å². The highest BCUT2D eigenvalue weighted by atomic mass is 16.1. The highest BCUT2D eigenvalue weighted by Gasteiger charge is 2.07. The summed E-state index contributed by atoms with van der Waals surface area (Å²) in [6, 6.07) is 5.27. The molecule has 1 N–H and O–H groups in total. The van der Waals surface area contributed by atoms with E-state index in [9.17, 15) is 4.79 Å². The maximum absolute atomic E-state index is 11.7. The number of pyridine rings is 1. The zero-order chi connectivity index (χ0) is 13.3. The predicted octanol–water partition coefficient (Wildman–Crippen LogP) is 1.30. The molecular weight excluding hydrogens is 238 g/mol. The van der Waals surface area contributed by atoms with Gasteiger partial charge in [-0.05, 0) is 38.1 Å². The molecule has 0 atom stereocenters. The van der Waals surface area contributed by atoms with Gasteiger partial charge in [0.25, 0.3) is 5.91 Å². The maximum Gasteiger partial charge on any atom is 0.270 e. The number of hydrogen-bond acceptors (Lipinski definition) is 3. The van der Waals surface area contributed by atoms with E-state index in [2.05, 4.69) is 27.0 Å². The number of amides is 1. The molecule has 1 fully saturated rings. The highest BCUT2D eigenvalue weighted by Crippen LogP contribution is 2.06. The molecule has 0 spiro atoms. The van der Waals surface area contributed by atoms with Crippen LogP contribution in [0.4, 0.5) is 0 Å². The molecular formula is C15H19N3O. The summed E-state index contributed by atoms with van der Waals surface area (Å²) >= 11 is 0. The lowest BCUT2D eigenvalue weighted by molar-refractivity contribution is 0.0954. The Kier molecular flexibility index (Phi) is 5.39. The van der Waals surface area contributed by atoms with Gasteiger partial charge in [0.1, 0.15) is 5.69 Å². The standard InChI is InChI=1S/C15H19N3O/c19-15(14-8-2-3-9-16-14)17-10-4-7-13-18-11-5-1-6-12-18/h2-3,8-9H,1,5-6,10-13H2,(H,17,19). The summed E-state index contributed by atoms with van der Waals surface area (Å²) in [4.78, 5) is 18.0. The van der Waals surface area contributed by atoms with Crippen molar-refractivity contribution >= 4 is 5.91 Å². The summed E-state index contributed by atoms with van der Waals surface area (Å²) < 4.78 is 0. The Balaban J connectivity index is 1.67. The van der Waals surface area contributed by atoms with E-state index in [4.69, 9.17) is 0 Å². The maximum atomic E-state index is 11.7. The second-order valence-corrected chi connectivity index (χ2v) is 4.59. The van der Waals surface area contributed by atoms with Crippen molar-refractivity contribution in [2.24, 2.45) is 0 Å². The first kappa shape index (κ1) is 13.6. The quantitative estimate of drug-likeness (QED) is 0.830. The molecule has 1 aliphatic rings. The van der Waals surface area contributed by atoms with Crippen LogP contribution >= 0.6 is 0 Å². The molecule has 19 heavy (non-hydrogen) atoms. The van der Waals surface area contributed by atoms with Crippen molar-refractivity contribution in [1.82, 2.24) is 15.2 Å². The Bertz CT molecular complexity index is 455. The Morgan fingerprint density at radius 1 is 1.26 bits per heavy atom. The molecule has 0 bridgehead atoms. The first-order valence-electron chi connectivity index (χ1n) is 6.73. The van der Waals surface area contributed by atoms with E-state index in [1.165, 1.54) is 19.3 Å². The van der Waals surface area contributed by atoms with E-state index in [1.807, 2.05) is 0 Å². The fourth-order valence-corrected chi connectivity index (χ4v) is 2.06. The smallest absolute Gasteiger partial charge is 0.270 e. The largest absolute Gasteiger partial charge is 0.340 e. The van der Waals surface area contributed by atoms with Crippen molar-refractivity contribution in [3.05, 3.63) is 30.1 Å². The van der Waals surface area contributed by atoms with E-state index in [1.54, 1.807) is 24.4 Å². The van der Waals surface area contributed by atoms with Crippen molar-refractivity contribution in [2.75, 3.05) is 26.2 Å². The van der Waals surface area contributed by atoms with Gasteiger partial charge < -0.3 is 5.32 Å². The van der Waals surface area contributed by atoms with Crippen LogP contribution in [0.2, 0.25) is 0 Å². The fourth-order valence-electron chi connectivity index (χ4n) is 2.06. The molecule has 100 valence electrons. The number of carbonyl (C=O) groups is 1. The molecule has 2 heterocycles. The van der Waals surface area contributed by atoms with Gasteiger partial charge in [-0.25, -0.2) is 0 Å². The second-order valence-electron chi connectivity index (χ2n) is 4.59. The van der Waals surface area contributed by atoms with Gasteiger partial charge >= 0.3 is 0 Å². The van der Waals surface area contributed by atoms with Crippen molar-refractivity contribution < 1.29 is 4.79 Å². The van der Waals surface area contributed by atoms with Crippen LogP contribution in [0, 0.1) is 11.8 Å². The number of piperidine rings is 1. The minimum Gasteiger partial charge on any atom is -0.340 e. The number of aromatic nitrogens is 1. The van der Waals surface area contributed by atoms with Gasteiger partial charge in [0.2, 0.25) is 0 Å². The summed E-state index contributed by atoms with van der Waals surface area (Å²) in [6.07, 6.45) is 5.50. The summed E-state index contributed by atoms with van der Waals surface area (Å²) in [5.41, 5.74) is 0.431. The number of carbonyl (C=O) groups excluding carboxylic acids is 1. The van der Waals surface area contributed by atoms with Crippen LogP contribution in [0.15, 0.2) is 24.4 Å². The van der Waals surface area contributed by atoms with Gasteiger partial charge in [-0.15, -0.1) is 0 Å². The van der Waals surface area contributed by atoms with E-state index in [0.29, 0.717) is 12.2 Å². The Labute approximate surface area is 114 Å². The van der Waals surface area contributed by atoms with Gasteiger partial charge in [-0.2, -0.15) is 0 Å². The molecule has 4 nitrogen and oxygen atoms in total. The average molecular weight is 257 g/mol. The molecule has 4 heteroatoms. The minimum atomic E-state index is -0.173. The first-order valence-corrected chi connectivity index (χ1v) is 6.73. The zero-order valence-electron chi connectivity index (χ0n) is 11.1. The van der Waals surface area contributed by atoms with Crippen LogP contribution in [0.5, 0.6) is 0 Å². The first-order chi connectivity index (χ1) is 9.36. The summed E-state index contributed by atoms with van der Waals surface area (Å²) in [5, 5.41) is 2.74. The van der Waals surface area contributed by atoms with Gasteiger partial charge in [-0.1, -0.05) is 24.3 Å². The Morgan fingerprint density at radius 3 is 2.84 bits per heavy atom. The third kappa shape index (κ3) is 4.72. The van der Waals surface area contributed by atoms with Gasteiger partial charge in [0, 0.05) is 6.20 Å². The molecule has 0 aliphatic carbocycles. The number of rotatable bonds is 3. The number of nitrogens with one attached hydrogen (secondary N) is 1. The van der Waals surface area contributed by atoms with Crippen molar-refractivity contribution in [1.29, 1.82) is 0 Å². The molecule has 1 aromatic heterocycles. The molecule has 0 aromatic carbocycles. The average Bonchev–Trinajstić information content (AvgIpc) is 2.49. The summed E-state index contributed by atoms with van der Waals surface area (Å²) in [6.45, 7) is 3.48. The summed E-state index contributed by atoms with van der Waals surface area (Å²) in [5.74, 6) is 5.91. The molecule has 0 unspecified atom stereocenters. The Morgan fingerprint density at radius 2 is 2.11 bits per heavy atom. The molecule has 0 radical (unpaired) electrons. The van der Waals surface area contributed by atoms with Gasteiger partial charge in [0.15, 0.2) is 0 Å². The number of nitrogens with zero attached hydrogens (tertiary/aromatic N) is 2. The van der Waals surface area contributed by atoms with Crippen LogP contribution in [0.25, 0.3) is 0 Å². The molecule has 2 rings (SSSR count). The minimum absolute atomic E-state index is 0.173. The molecule has 1 aromatic rings. The second kappa shape index (κ2) is 7.55. The van der Waals surface area contributed by atoms with E-state index in [-0.39, 0.29) is 5.91 Å². The topological polar surface area (TPSA) is 45.2 Å². The lowest BCUT2D eigenvalue weighted by Crippen LogP contribution is -2.30. The molecule has 1 aliphatic heterocycles. The van der Waals surface area contributed by atoms with Crippen molar-refractivity contribution in [3.63, 3.8) is 0 Å². The monoisotopic (exact) mass is 257 g/mol. The van der Waals surface area contributed by atoms with Crippen molar-refractivity contribution in [3.8, 4) is 11.8 Å². The normalized spacial score (nSPS) is 15.4. The zero-order valence-corrected chi connectivity index (χ0v) is 11.1. The molecule has 1 saturated heterocycles. The van der Waals surface area contributed by atoms with Crippen LogP contribution in [0.1, 0.15) is 29.8 Å². The predicted molar refractivity (Wildman–Crippen MR) is 74.6 cm³/mol. The van der Waals surface area contributed by atoms with Crippen molar-refractivity contribution in [2.45, 2.75) is 19.3 Å². The van der Waals surface area contributed by atoms with E-state index in [0.717, 1.165) is 19.6 Å². The SMILES string of the molecule is O=C(NCC#CCN1CCCCC1)c1ccccn1. The third-order valence-electron chi connectivity index (χ3n) is 3.11. The Hall–Kier alpha value is -1.86. The summed E-state index contributed by atoms with van der Waals surface area (Å²) in [7, 11) is 0. The van der Waals surface area contributed by atoms with Crippen LogP contribution < -0.4 is 5.32 Å².